The van der Waals surface area contributed by atoms with Crippen LogP contribution in [0.25, 0.3) is 0 Å². The molecule has 0 aromatic heterocycles. The van der Waals surface area contributed by atoms with E-state index in [2.05, 4.69) is 36.0 Å². The highest BCUT2D eigenvalue weighted by molar-refractivity contribution is 7.92. The van der Waals surface area contributed by atoms with Gasteiger partial charge in [-0.3, -0.25) is 4.72 Å². The summed E-state index contributed by atoms with van der Waals surface area (Å²) in [6.07, 6.45) is 12.5. The van der Waals surface area contributed by atoms with Gasteiger partial charge in [-0.25, -0.2) is 8.42 Å². The van der Waals surface area contributed by atoms with Crippen molar-refractivity contribution in [3.05, 3.63) is 29.8 Å². The van der Waals surface area contributed by atoms with Crippen LogP contribution >= 0.6 is 0 Å². The normalized spacial score (nSPS) is 27.1. The molecule has 1 aliphatic carbocycles. The first-order valence-electron chi connectivity index (χ1n) is 12.2. The summed E-state index contributed by atoms with van der Waals surface area (Å²) >= 11 is 0. The van der Waals surface area contributed by atoms with Gasteiger partial charge in [-0.05, 0) is 67.7 Å². The van der Waals surface area contributed by atoms with E-state index in [0.29, 0.717) is 11.6 Å². The Labute approximate surface area is 189 Å². The fraction of sp³-hybridized carbons (Fsp3) is 0.760. The van der Waals surface area contributed by atoms with E-state index >= 15 is 0 Å². The lowest BCUT2D eigenvalue weighted by atomic mass is 9.56. The van der Waals surface area contributed by atoms with Gasteiger partial charge in [-0.1, -0.05) is 58.1 Å². The number of anilines is 1. The van der Waals surface area contributed by atoms with Gasteiger partial charge in [-0.2, -0.15) is 0 Å². The van der Waals surface area contributed by atoms with Gasteiger partial charge in [0.25, 0.3) is 0 Å². The molecule has 1 saturated carbocycles. The third kappa shape index (κ3) is 6.02. The van der Waals surface area contributed by atoms with Crippen molar-refractivity contribution in [1.82, 2.24) is 5.32 Å². The van der Waals surface area contributed by atoms with Crippen LogP contribution in [0.1, 0.15) is 83.6 Å². The Morgan fingerprint density at radius 1 is 1.19 bits per heavy atom. The number of sulfonamides is 1. The number of nitrogens with one attached hydrogen (secondary N) is 2. The standard InChI is InChI=1S/C25H42N2O3S/c1-4-5-6-7-10-21(2)25-14-9-13-24(20-25,15-16-26-25)22-11-8-12-23(19-22)27-31(28,29)18-17-30-3/h8,11-12,19,21,26-27H,4-7,9-10,13-18,20H2,1-3H3. The minimum atomic E-state index is -3.40. The van der Waals surface area contributed by atoms with E-state index < -0.39 is 10.0 Å². The zero-order chi connectivity index (χ0) is 22.4. The van der Waals surface area contributed by atoms with Gasteiger partial charge in [0, 0.05) is 18.3 Å². The zero-order valence-corrected chi connectivity index (χ0v) is 20.5. The van der Waals surface area contributed by atoms with E-state index in [0.717, 1.165) is 19.4 Å². The highest BCUT2D eigenvalue weighted by atomic mass is 32.2. The third-order valence-corrected chi connectivity index (χ3v) is 9.00. The molecule has 3 unspecified atom stereocenters. The van der Waals surface area contributed by atoms with Crippen molar-refractivity contribution in [3.63, 3.8) is 0 Å². The van der Waals surface area contributed by atoms with E-state index in [1.54, 1.807) is 0 Å². The van der Waals surface area contributed by atoms with Gasteiger partial charge in [0.2, 0.25) is 10.0 Å². The Morgan fingerprint density at radius 3 is 2.81 bits per heavy atom. The number of unbranched alkanes of at least 4 members (excludes halogenated alkanes) is 3. The number of piperidine rings is 1. The predicted octanol–water partition coefficient (Wildman–Crippen LogP) is 5.23. The molecule has 31 heavy (non-hydrogen) atoms. The van der Waals surface area contributed by atoms with Crippen LogP contribution in [0.2, 0.25) is 0 Å². The van der Waals surface area contributed by atoms with Crippen molar-refractivity contribution in [3.8, 4) is 0 Å². The molecule has 1 saturated heterocycles. The second-order valence-corrected chi connectivity index (χ2v) is 11.7. The Balaban J connectivity index is 1.76. The number of fused-ring (bicyclic) bond motifs is 2. The Hall–Kier alpha value is -1.11. The maximum Gasteiger partial charge on any atom is 0.234 e. The van der Waals surface area contributed by atoms with Crippen LogP contribution in [0.4, 0.5) is 5.69 Å². The van der Waals surface area contributed by atoms with Crippen molar-refractivity contribution >= 4 is 15.7 Å². The first-order valence-corrected chi connectivity index (χ1v) is 13.8. The third-order valence-electron chi connectivity index (χ3n) is 7.75. The summed E-state index contributed by atoms with van der Waals surface area (Å²) < 4.78 is 32.4. The van der Waals surface area contributed by atoms with E-state index in [1.807, 2.05) is 12.1 Å². The lowest BCUT2D eigenvalue weighted by Gasteiger charge is -2.56. The van der Waals surface area contributed by atoms with Gasteiger partial charge in [0.05, 0.1) is 12.4 Å². The van der Waals surface area contributed by atoms with Crippen LogP contribution in [-0.2, 0) is 20.2 Å². The van der Waals surface area contributed by atoms with Gasteiger partial charge in [-0.15, -0.1) is 0 Å². The highest BCUT2D eigenvalue weighted by Crippen LogP contribution is 2.52. The van der Waals surface area contributed by atoms with Crippen molar-refractivity contribution < 1.29 is 13.2 Å². The number of ether oxygens (including phenoxy) is 1. The summed E-state index contributed by atoms with van der Waals surface area (Å²) in [7, 11) is -1.88. The molecule has 1 heterocycles. The lowest BCUT2D eigenvalue weighted by Crippen LogP contribution is -2.61. The van der Waals surface area contributed by atoms with Crippen molar-refractivity contribution in [2.45, 2.75) is 89.0 Å². The Morgan fingerprint density at radius 2 is 2.03 bits per heavy atom. The molecule has 3 rings (SSSR count). The van der Waals surface area contributed by atoms with Crippen molar-refractivity contribution in [2.75, 3.05) is 30.7 Å². The zero-order valence-electron chi connectivity index (χ0n) is 19.7. The molecule has 0 amide bonds. The van der Waals surface area contributed by atoms with Crippen LogP contribution in [0, 0.1) is 5.92 Å². The minimum Gasteiger partial charge on any atom is -0.384 e. The first kappa shape index (κ1) is 24.5. The van der Waals surface area contributed by atoms with Crippen LogP contribution in [0.15, 0.2) is 24.3 Å². The van der Waals surface area contributed by atoms with Crippen LogP contribution in [-0.4, -0.2) is 40.0 Å². The summed E-state index contributed by atoms with van der Waals surface area (Å²) in [5, 5.41) is 3.95. The summed E-state index contributed by atoms with van der Waals surface area (Å²) in [6, 6.07) is 8.15. The molecule has 2 aliphatic rings. The van der Waals surface area contributed by atoms with Gasteiger partial charge < -0.3 is 10.1 Å². The maximum absolute atomic E-state index is 12.3. The fourth-order valence-electron chi connectivity index (χ4n) is 5.91. The van der Waals surface area contributed by atoms with E-state index in [1.165, 1.54) is 64.0 Å². The SMILES string of the molecule is CCCCCCC(C)C12CCCC(c3cccc(NS(=O)(=O)CCOC)c3)(CCN1)C2. The average molecular weight is 451 g/mol. The van der Waals surface area contributed by atoms with Crippen LogP contribution in [0.5, 0.6) is 0 Å². The molecule has 1 aliphatic heterocycles. The smallest absolute Gasteiger partial charge is 0.234 e. The topological polar surface area (TPSA) is 67.4 Å². The molecular weight excluding hydrogens is 408 g/mol. The molecule has 2 N–H and O–H groups in total. The predicted molar refractivity (Wildman–Crippen MR) is 129 cm³/mol. The molecule has 0 spiro atoms. The summed E-state index contributed by atoms with van der Waals surface area (Å²) in [4.78, 5) is 0. The molecule has 3 atom stereocenters. The molecule has 5 nitrogen and oxygen atoms in total. The van der Waals surface area contributed by atoms with Gasteiger partial charge in [0.1, 0.15) is 0 Å². The first-order chi connectivity index (χ1) is 14.8. The Kier molecular flexibility index (Phi) is 8.44. The monoisotopic (exact) mass is 450 g/mol. The lowest BCUT2D eigenvalue weighted by molar-refractivity contribution is 0.0521. The largest absolute Gasteiger partial charge is 0.384 e. The summed E-state index contributed by atoms with van der Waals surface area (Å²) in [5.41, 5.74) is 2.33. The number of methoxy groups -OCH3 is 1. The van der Waals surface area contributed by atoms with E-state index in [-0.39, 0.29) is 23.3 Å². The number of hydrogen-bond donors (Lipinski definition) is 2. The molecule has 1 aromatic carbocycles. The quantitative estimate of drug-likeness (QED) is 0.428. The summed E-state index contributed by atoms with van der Waals surface area (Å²) in [6.45, 7) is 5.96. The van der Waals surface area contributed by atoms with Crippen molar-refractivity contribution in [1.29, 1.82) is 0 Å². The van der Waals surface area contributed by atoms with E-state index in [4.69, 9.17) is 4.74 Å². The number of benzene rings is 1. The van der Waals surface area contributed by atoms with E-state index in [9.17, 15) is 8.42 Å². The molecule has 0 radical (unpaired) electrons. The van der Waals surface area contributed by atoms with Gasteiger partial charge >= 0.3 is 0 Å². The van der Waals surface area contributed by atoms with Crippen LogP contribution in [0.3, 0.4) is 0 Å². The minimum absolute atomic E-state index is 0.0263. The molecule has 2 fully saturated rings. The fourth-order valence-corrected chi connectivity index (χ4v) is 6.89. The van der Waals surface area contributed by atoms with Crippen LogP contribution < -0.4 is 10.0 Å². The summed E-state index contributed by atoms with van der Waals surface area (Å²) in [5.74, 6) is 0.640. The molecule has 2 bridgehead atoms. The molecule has 6 heteroatoms. The highest BCUT2D eigenvalue weighted by Gasteiger charge is 2.50. The van der Waals surface area contributed by atoms with Crippen molar-refractivity contribution in [2.24, 2.45) is 5.92 Å². The van der Waals surface area contributed by atoms with Gasteiger partial charge in [0.15, 0.2) is 0 Å². The second-order valence-electron chi connectivity index (χ2n) is 9.89. The molecule has 1 aromatic rings. The average Bonchev–Trinajstić information content (AvgIpc) is 2.75. The second kappa shape index (κ2) is 10.7. The molecular formula is C25H42N2O3S. The Bertz CT molecular complexity index is 799. The molecule has 176 valence electrons. The number of hydrogen-bond acceptors (Lipinski definition) is 4. The number of rotatable bonds is 12. The maximum atomic E-state index is 12.3.